The van der Waals surface area contributed by atoms with E-state index in [9.17, 15) is 4.79 Å². The van der Waals surface area contributed by atoms with Crippen molar-refractivity contribution in [1.82, 2.24) is 24.7 Å². The highest BCUT2D eigenvalue weighted by Gasteiger charge is 2.18. The van der Waals surface area contributed by atoms with Gasteiger partial charge in [0.1, 0.15) is 0 Å². The highest BCUT2D eigenvalue weighted by Crippen LogP contribution is 2.26. The van der Waals surface area contributed by atoms with Crippen molar-refractivity contribution >= 4 is 16.8 Å². The maximum Gasteiger partial charge on any atom is 0.271 e. The Kier molecular flexibility index (Phi) is 4.83. The Morgan fingerprint density at radius 3 is 2.78 bits per heavy atom. The number of carbonyl (C=O) groups is 1. The number of ether oxygens (including phenoxy) is 1. The molecule has 1 fully saturated rings. The molecule has 8 heteroatoms. The van der Waals surface area contributed by atoms with Crippen LogP contribution in [0, 0.1) is 0 Å². The Bertz CT molecular complexity index is 954. The van der Waals surface area contributed by atoms with Crippen LogP contribution >= 0.6 is 0 Å². The third-order valence-corrected chi connectivity index (χ3v) is 4.94. The summed E-state index contributed by atoms with van der Waals surface area (Å²) < 4.78 is 8.65. The van der Waals surface area contributed by atoms with Crippen LogP contribution in [0.15, 0.2) is 36.4 Å². The summed E-state index contributed by atoms with van der Waals surface area (Å²) in [5, 5.41) is 8.36. The number of carbonyl (C=O) groups excluding carboxylic acids is 1. The van der Waals surface area contributed by atoms with Gasteiger partial charge in [-0.3, -0.25) is 19.1 Å². The Morgan fingerprint density at radius 1 is 1.22 bits per heavy atom. The number of hydrogen-bond donors (Lipinski definition) is 2. The lowest BCUT2D eigenvalue weighted by molar-refractivity contribution is 0.0383. The monoisotopic (exact) mass is 368 g/mol. The molecule has 1 aliphatic heterocycles. The Morgan fingerprint density at radius 2 is 2.00 bits per heavy atom. The SMILES string of the molecule is Cn1nc(C(=O)NCCN2CCOCC2)cc1-c1cc2ccccc2n1N. The maximum atomic E-state index is 12.5. The van der Waals surface area contributed by atoms with Gasteiger partial charge in [-0.05, 0) is 18.2 Å². The average molecular weight is 368 g/mol. The van der Waals surface area contributed by atoms with Crippen molar-refractivity contribution in [1.29, 1.82) is 0 Å². The van der Waals surface area contributed by atoms with E-state index in [0.717, 1.165) is 55.1 Å². The van der Waals surface area contributed by atoms with Gasteiger partial charge in [-0.1, -0.05) is 18.2 Å². The second-order valence-electron chi connectivity index (χ2n) is 6.71. The van der Waals surface area contributed by atoms with Crippen LogP contribution in [-0.4, -0.2) is 64.7 Å². The fraction of sp³-hybridized carbons (Fsp3) is 0.368. The van der Waals surface area contributed by atoms with Crippen molar-refractivity contribution in [3.63, 3.8) is 0 Å². The molecular formula is C19H24N6O2. The Hall–Kier alpha value is -2.84. The largest absolute Gasteiger partial charge is 0.379 e. The molecule has 0 saturated carbocycles. The Labute approximate surface area is 157 Å². The van der Waals surface area contributed by atoms with Crippen LogP contribution in [0.1, 0.15) is 10.5 Å². The van der Waals surface area contributed by atoms with Gasteiger partial charge in [0.25, 0.3) is 5.91 Å². The van der Waals surface area contributed by atoms with Gasteiger partial charge in [0, 0.05) is 38.6 Å². The summed E-state index contributed by atoms with van der Waals surface area (Å²) in [6.07, 6.45) is 0. The summed E-state index contributed by atoms with van der Waals surface area (Å²) in [5.41, 5.74) is 2.94. The molecule has 3 heterocycles. The van der Waals surface area contributed by atoms with Crippen LogP contribution in [0.2, 0.25) is 0 Å². The Balaban J connectivity index is 1.47. The first kappa shape index (κ1) is 17.6. The number of rotatable bonds is 5. The summed E-state index contributed by atoms with van der Waals surface area (Å²) >= 11 is 0. The van der Waals surface area contributed by atoms with Crippen molar-refractivity contribution in [2.24, 2.45) is 7.05 Å². The smallest absolute Gasteiger partial charge is 0.271 e. The van der Waals surface area contributed by atoms with E-state index in [0.29, 0.717) is 12.2 Å². The number of fused-ring (bicyclic) bond motifs is 1. The number of morpholine rings is 1. The molecule has 0 unspecified atom stereocenters. The minimum atomic E-state index is -0.176. The molecule has 2 aromatic heterocycles. The molecule has 0 spiro atoms. The number of nitrogens with two attached hydrogens (primary N) is 1. The topological polar surface area (TPSA) is 90.3 Å². The second-order valence-corrected chi connectivity index (χ2v) is 6.71. The van der Waals surface area contributed by atoms with Crippen molar-refractivity contribution in [3.05, 3.63) is 42.1 Å². The molecule has 27 heavy (non-hydrogen) atoms. The first-order valence-electron chi connectivity index (χ1n) is 9.12. The fourth-order valence-corrected chi connectivity index (χ4v) is 3.43. The van der Waals surface area contributed by atoms with Gasteiger partial charge in [0.05, 0.1) is 30.1 Å². The number of amides is 1. The fourth-order valence-electron chi connectivity index (χ4n) is 3.43. The molecule has 1 saturated heterocycles. The number of hydrogen-bond acceptors (Lipinski definition) is 5. The standard InChI is InChI=1S/C19H24N6O2/c1-23-17(18-12-14-4-2-3-5-16(14)25(18)20)13-15(22-23)19(26)21-6-7-24-8-10-27-11-9-24/h2-5,12-13H,6-11,20H2,1H3,(H,21,26). The number of nitrogen functional groups attached to an aromatic ring is 1. The van der Waals surface area contributed by atoms with E-state index >= 15 is 0 Å². The van der Waals surface area contributed by atoms with Gasteiger partial charge in [-0.25, -0.2) is 0 Å². The van der Waals surface area contributed by atoms with Crippen molar-refractivity contribution in [2.45, 2.75) is 0 Å². The third kappa shape index (κ3) is 3.54. The molecular weight excluding hydrogens is 344 g/mol. The minimum Gasteiger partial charge on any atom is -0.379 e. The zero-order chi connectivity index (χ0) is 18.8. The number of para-hydroxylation sites is 1. The summed E-state index contributed by atoms with van der Waals surface area (Å²) in [6, 6.07) is 11.7. The van der Waals surface area contributed by atoms with Crippen LogP contribution in [0.25, 0.3) is 22.3 Å². The minimum absolute atomic E-state index is 0.176. The summed E-state index contributed by atoms with van der Waals surface area (Å²) in [7, 11) is 1.82. The van der Waals surface area contributed by atoms with Crippen LogP contribution in [0.5, 0.6) is 0 Å². The van der Waals surface area contributed by atoms with Crippen LogP contribution in [-0.2, 0) is 11.8 Å². The number of aryl methyl sites for hydroxylation is 1. The maximum absolute atomic E-state index is 12.5. The zero-order valence-electron chi connectivity index (χ0n) is 15.4. The molecule has 1 aliphatic rings. The molecule has 142 valence electrons. The lowest BCUT2D eigenvalue weighted by atomic mass is 10.2. The zero-order valence-corrected chi connectivity index (χ0v) is 15.4. The van der Waals surface area contributed by atoms with Gasteiger partial charge in [0.15, 0.2) is 5.69 Å². The molecule has 8 nitrogen and oxygen atoms in total. The predicted octanol–water partition coefficient (Wildman–Crippen LogP) is 0.818. The lowest BCUT2D eigenvalue weighted by Crippen LogP contribution is -2.41. The van der Waals surface area contributed by atoms with Gasteiger partial charge in [-0.2, -0.15) is 5.10 Å². The molecule has 0 bridgehead atoms. The second kappa shape index (κ2) is 7.42. The first-order valence-corrected chi connectivity index (χ1v) is 9.12. The van der Waals surface area contributed by atoms with Gasteiger partial charge in [-0.15, -0.1) is 0 Å². The third-order valence-electron chi connectivity index (χ3n) is 4.94. The average Bonchev–Trinajstić information content (AvgIpc) is 3.23. The molecule has 1 aromatic carbocycles. The normalized spacial score (nSPS) is 15.3. The molecule has 4 rings (SSSR count). The summed E-state index contributed by atoms with van der Waals surface area (Å²) in [4.78, 5) is 14.8. The van der Waals surface area contributed by atoms with Gasteiger partial charge < -0.3 is 15.9 Å². The van der Waals surface area contributed by atoms with Crippen LogP contribution < -0.4 is 11.2 Å². The molecule has 3 N–H and O–H groups in total. The van der Waals surface area contributed by atoms with E-state index in [1.165, 1.54) is 0 Å². The number of nitrogens with one attached hydrogen (secondary N) is 1. The van der Waals surface area contributed by atoms with E-state index in [1.54, 1.807) is 15.4 Å². The van der Waals surface area contributed by atoms with Crippen molar-refractivity contribution in [3.8, 4) is 11.4 Å². The highest BCUT2D eigenvalue weighted by atomic mass is 16.5. The van der Waals surface area contributed by atoms with Crippen molar-refractivity contribution in [2.75, 3.05) is 45.2 Å². The van der Waals surface area contributed by atoms with Gasteiger partial charge >= 0.3 is 0 Å². The van der Waals surface area contributed by atoms with Crippen molar-refractivity contribution < 1.29 is 9.53 Å². The highest BCUT2D eigenvalue weighted by molar-refractivity contribution is 5.94. The first-order chi connectivity index (χ1) is 13.1. The summed E-state index contributed by atoms with van der Waals surface area (Å²) in [6.45, 7) is 4.72. The van der Waals surface area contributed by atoms with E-state index in [1.807, 2.05) is 37.4 Å². The molecule has 0 radical (unpaired) electrons. The van der Waals surface area contributed by atoms with Gasteiger partial charge in [0.2, 0.25) is 0 Å². The molecule has 1 amide bonds. The quantitative estimate of drug-likeness (QED) is 0.651. The van der Waals surface area contributed by atoms with E-state index < -0.39 is 0 Å². The molecule has 0 aliphatic carbocycles. The molecule has 0 atom stereocenters. The number of aromatic nitrogens is 3. The van der Waals surface area contributed by atoms with Crippen LogP contribution in [0.4, 0.5) is 0 Å². The number of benzene rings is 1. The van der Waals surface area contributed by atoms with E-state index in [2.05, 4.69) is 15.3 Å². The summed E-state index contributed by atoms with van der Waals surface area (Å²) in [5.74, 6) is 6.07. The lowest BCUT2D eigenvalue weighted by Gasteiger charge is -2.26. The predicted molar refractivity (Wildman–Crippen MR) is 104 cm³/mol. The number of nitrogens with zero attached hydrogens (tertiary/aromatic N) is 4. The van der Waals surface area contributed by atoms with Crippen LogP contribution in [0.3, 0.4) is 0 Å². The van der Waals surface area contributed by atoms with E-state index in [-0.39, 0.29) is 5.91 Å². The molecule has 3 aromatic rings. The van der Waals surface area contributed by atoms with E-state index in [4.69, 9.17) is 10.6 Å².